The molecule has 0 unspecified atom stereocenters. The third kappa shape index (κ3) is 12.2. The number of carbonyl (C=O) groups is 2. The van der Waals surface area contributed by atoms with Crippen LogP contribution in [0.1, 0.15) is 71.1 Å². The lowest BCUT2D eigenvalue weighted by Gasteiger charge is -2.24. The fraction of sp³-hybridized carbons (Fsp3) is 0.387. The Labute approximate surface area is 223 Å². The zero-order chi connectivity index (χ0) is 27.6. The molecule has 6 heteroatoms. The van der Waals surface area contributed by atoms with E-state index in [0.29, 0.717) is 19.5 Å². The number of aldehydes is 1. The maximum atomic E-state index is 11.4. The number of carbonyl (C=O) groups excluding carboxylic acids is 2. The predicted octanol–water partition coefficient (Wildman–Crippen LogP) is 6.69. The second-order valence-electron chi connectivity index (χ2n) is 8.96. The quantitative estimate of drug-likeness (QED) is 0.373. The zero-order valence-electron chi connectivity index (χ0n) is 23.4. The lowest BCUT2D eigenvalue weighted by Crippen LogP contribution is -2.22. The van der Waals surface area contributed by atoms with Crippen LogP contribution in [0.25, 0.3) is 0 Å². The molecule has 6 nitrogen and oxygen atoms in total. The molecular weight excluding hydrogens is 460 g/mol. The van der Waals surface area contributed by atoms with Crippen molar-refractivity contribution in [1.82, 2.24) is 10.3 Å². The van der Waals surface area contributed by atoms with Crippen molar-refractivity contribution in [3.05, 3.63) is 89.6 Å². The molecule has 0 aromatic heterocycles. The van der Waals surface area contributed by atoms with Gasteiger partial charge in [0.05, 0.1) is 18.0 Å². The molecule has 37 heavy (non-hydrogen) atoms. The molecule has 1 amide bonds. The molecule has 0 saturated heterocycles. The van der Waals surface area contributed by atoms with Crippen molar-refractivity contribution in [3.8, 4) is 0 Å². The molecular formula is C31H44N4O2. The van der Waals surface area contributed by atoms with Gasteiger partial charge in [0.1, 0.15) is 6.29 Å². The Hall–Kier alpha value is -3.67. The summed E-state index contributed by atoms with van der Waals surface area (Å²) in [4.78, 5) is 20.2. The first-order valence-corrected chi connectivity index (χ1v) is 13.1. The van der Waals surface area contributed by atoms with Crippen LogP contribution in [0.4, 0.5) is 5.69 Å². The van der Waals surface area contributed by atoms with Gasteiger partial charge in [-0.1, -0.05) is 77.1 Å². The molecule has 2 aromatic carbocycles. The first-order valence-electron chi connectivity index (χ1n) is 13.1. The average molecular weight is 505 g/mol. The molecule has 0 saturated carbocycles. The largest absolute Gasteiger partial charge is 0.385 e. The van der Waals surface area contributed by atoms with Crippen molar-refractivity contribution in [3.63, 3.8) is 0 Å². The summed E-state index contributed by atoms with van der Waals surface area (Å²) in [5, 5.41) is 13.0. The highest BCUT2D eigenvalue weighted by molar-refractivity contribution is 6.09. The molecule has 0 aliphatic carbocycles. The summed E-state index contributed by atoms with van der Waals surface area (Å²) in [6.07, 6.45) is 6.53. The summed E-state index contributed by atoms with van der Waals surface area (Å²) < 4.78 is 0. The normalized spacial score (nSPS) is 12.0. The number of hydrogen-bond donors (Lipinski definition) is 2. The third-order valence-electron chi connectivity index (χ3n) is 5.51. The van der Waals surface area contributed by atoms with Gasteiger partial charge in [-0.25, -0.2) is 0 Å². The minimum Gasteiger partial charge on any atom is -0.385 e. The van der Waals surface area contributed by atoms with E-state index in [9.17, 15) is 4.79 Å². The molecule has 2 aromatic rings. The molecule has 1 aliphatic rings. The Morgan fingerprint density at radius 1 is 1.05 bits per heavy atom. The Balaban J connectivity index is 0.000000751. The average Bonchev–Trinajstić information content (AvgIpc) is 2.90. The number of allylic oxidation sites excluding steroid dienone is 2. The van der Waals surface area contributed by atoms with E-state index in [1.165, 1.54) is 18.9 Å². The summed E-state index contributed by atoms with van der Waals surface area (Å²) in [6, 6.07) is 16.5. The fourth-order valence-corrected chi connectivity index (χ4v) is 3.06. The monoisotopic (exact) mass is 504 g/mol. The Kier molecular flexibility index (Phi) is 15.0. The summed E-state index contributed by atoms with van der Waals surface area (Å²) in [5.41, 5.74) is 6.14. The van der Waals surface area contributed by atoms with Crippen LogP contribution in [0, 0.1) is 5.92 Å². The lowest BCUT2D eigenvalue weighted by molar-refractivity contribution is -0.120. The SMILES string of the molecule is C=C1C=CC(c2ccc(CNC(=O)CC)cc2)=NN1Cc1cccc(NCC)c1.CC=O.CCC(C)C. The summed E-state index contributed by atoms with van der Waals surface area (Å²) >= 11 is 0. The van der Waals surface area contributed by atoms with Crippen molar-refractivity contribution >= 4 is 23.6 Å². The summed E-state index contributed by atoms with van der Waals surface area (Å²) in [5.74, 6) is 0.941. The maximum absolute atomic E-state index is 11.4. The second-order valence-corrected chi connectivity index (χ2v) is 8.96. The van der Waals surface area contributed by atoms with Gasteiger partial charge in [-0.2, -0.15) is 5.10 Å². The van der Waals surface area contributed by atoms with Crippen LogP contribution in [0.15, 0.2) is 78.1 Å². The zero-order valence-corrected chi connectivity index (χ0v) is 23.4. The number of benzene rings is 2. The van der Waals surface area contributed by atoms with E-state index in [1.807, 2.05) is 48.4 Å². The topological polar surface area (TPSA) is 73.8 Å². The lowest BCUT2D eigenvalue weighted by atomic mass is 10.1. The van der Waals surface area contributed by atoms with Gasteiger partial charge >= 0.3 is 0 Å². The van der Waals surface area contributed by atoms with Crippen molar-refractivity contribution < 1.29 is 9.59 Å². The van der Waals surface area contributed by atoms with Gasteiger partial charge in [0.15, 0.2) is 0 Å². The van der Waals surface area contributed by atoms with Crippen LogP contribution in [0.5, 0.6) is 0 Å². The number of amides is 1. The fourth-order valence-electron chi connectivity index (χ4n) is 3.06. The standard InChI is InChI=1S/C24H28N4O.C5H12.C2H4O/c1-4-24(29)26-16-19-10-12-21(13-11-19)23-14-9-18(3)28(27-23)17-20-7-6-8-22(15-20)25-5-2;1-4-5(2)3;1-2-3/h6-15,25H,3-5,16-17H2,1-2H3,(H,26,29);5H,4H2,1-3H3;2H,1H3. The molecule has 200 valence electrons. The third-order valence-corrected chi connectivity index (χ3v) is 5.51. The minimum absolute atomic E-state index is 0.0565. The molecule has 0 spiro atoms. The van der Waals surface area contributed by atoms with E-state index in [4.69, 9.17) is 9.90 Å². The molecule has 0 bridgehead atoms. The van der Waals surface area contributed by atoms with Crippen molar-refractivity contribution in [2.75, 3.05) is 11.9 Å². The maximum Gasteiger partial charge on any atom is 0.219 e. The number of hydrazone groups is 1. The van der Waals surface area contributed by atoms with E-state index >= 15 is 0 Å². The molecule has 0 atom stereocenters. The van der Waals surface area contributed by atoms with E-state index in [0.717, 1.165) is 47.0 Å². The highest BCUT2D eigenvalue weighted by atomic mass is 16.1. The Morgan fingerprint density at radius 2 is 1.70 bits per heavy atom. The number of anilines is 1. The smallest absolute Gasteiger partial charge is 0.219 e. The van der Waals surface area contributed by atoms with Crippen LogP contribution >= 0.6 is 0 Å². The molecule has 1 heterocycles. The van der Waals surface area contributed by atoms with Crippen molar-refractivity contribution in [2.24, 2.45) is 11.0 Å². The van der Waals surface area contributed by atoms with Gasteiger partial charge < -0.3 is 15.4 Å². The van der Waals surface area contributed by atoms with E-state index in [1.54, 1.807) is 0 Å². The molecule has 1 aliphatic heterocycles. The number of hydrogen-bond acceptors (Lipinski definition) is 5. The number of rotatable bonds is 9. The first-order chi connectivity index (χ1) is 17.8. The van der Waals surface area contributed by atoms with Gasteiger partial charge in [-0.05, 0) is 55.2 Å². The second kappa shape index (κ2) is 17.7. The van der Waals surface area contributed by atoms with Gasteiger partial charge in [-0.15, -0.1) is 0 Å². The van der Waals surface area contributed by atoms with Crippen molar-refractivity contribution in [2.45, 2.75) is 67.5 Å². The number of nitrogens with one attached hydrogen (secondary N) is 2. The summed E-state index contributed by atoms with van der Waals surface area (Å²) in [7, 11) is 0. The van der Waals surface area contributed by atoms with Crippen molar-refractivity contribution in [1.29, 1.82) is 0 Å². The van der Waals surface area contributed by atoms with Crippen LogP contribution in [-0.2, 0) is 22.7 Å². The minimum atomic E-state index is 0.0565. The highest BCUT2D eigenvalue weighted by Crippen LogP contribution is 2.20. The van der Waals surface area contributed by atoms with Crippen LogP contribution in [0.3, 0.4) is 0 Å². The summed E-state index contributed by atoms with van der Waals surface area (Å²) in [6.45, 7) is 18.2. The molecule has 3 rings (SSSR count). The molecule has 2 N–H and O–H groups in total. The van der Waals surface area contributed by atoms with E-state index < -0.39 is 0 Å². The number of nitrogens with zero attached hydrogens (tertiary/aromatic N) is 2. The van der Waals surface area contributed by atoms with Gasteiger partial charge in [-0.3, -0.25) is 9.80 Å². The Bertz CT molecular complexity index is 1040. The van der Waals surface area contributed by atoms with Crippen LogP contribution in [0.2, 0.25) is 0 Å². The molecule has 0 radical (unpaired) electrons. The Morgan fingerprint density at radius 3 is 2.27 bits per heavy atom. The van der Waals surface area contributed by atoms with E-state index in [-0.39, 0.29) is 5.91 Å². The predicted molar refractivity (Wildman–Crippen MR) is 156 cm³/mol. The molecule has 0 fully saturated rings. The van der Waals surface area contributed by atoms with Gasteiger partial charge in [0, 0.05) is 30.8 Å². The van der Waals surface area contributed by atoms with Crippen LogP contribution < -0.4 is 10.6 Å². The van der Waals surface area contributed by atoms with Gasteiger partial charge in [0.2, 0.25) is 5.91 Å². The van der Waals surface area contributed by atoms with E-state index in [2.05, 4.69) is 69.2 Å². The van der Waals surface area contributed by atoms with Crippen LogP contribution in [-0.4, -0.2) is 29.5 Å². The first kappa shape index (κ1) is 31.4. The van der Waals surface area contributed by atoms with Gasteiger partial charge in [0.25, 0.3) is 0 Å². The highest BCUT2D eigenvalue weighted by Gasteiger charge is 2.13.